The van der Waals surface area contributed by atoms with Crippen LogP contribution in [0, 0.1) is 0 Å². The fraction of sp³-hybridized carbons (Fsp3) is 0.250. The van der Waals surface area contributed by atoms with E-state index in [1.165, 1.54) is 38.5 Å². The number of nitrogens with zero attached hydrogens (tertiary/aromatic N) is 1. The highest BCUT2D eigenvalue weighted by Gasteiger charge is 2.18. The van der Waals surface area contributed by atoms with E-state index >= 15 is 0 Å². The molecule has 0 bridgehead atoms. The van der Waals surface area contributed by atoms with Crippen molar-refractivity contribution in [2.75, 3.05) is 19.4 Å². The fourth-order valence-electron chi connectivity index (χ4n) is 0.919. The lowest BCUT2D eigenvalue weighted by atomic mass is 10.3. The monoisotopic (exact) mass is 265 g/mol. The fourth-order valence-corrected chi connectivity index (χ4v) is 1.85. The molecule has 0 aromatic heterocycles. The summed E-state index contributed by atoms with van der Waals surface area (Å²) in [5.41, 5.74) is 0.204. The molecular weight excluding hydrogens is 253 g/mol. The molecule has 8 heteroatoms. The van der Waals surface area contributed by atoms with Gasteiger partial charge in [0.2, 0.25) is 0 Å². The second kappa shape index (κ2) is 5.58. The van der Waals surface area contributed by atoms with Crippen LogP contribution in [0.4, 0.5) is 5.69 Å². The molecule has 1 rings (SSSR count). The molecule has 0 spiro atoms. The first-order valence-electron chi connectivity index (χ1n) is 4.20. The van der Waals surface area contributed by atoms with Crippen molar-refractivity contribution in [2.24, 2.45) is 0 Å². The Balaban J connectivity index is 2.79. The second-order valence-electron chi connectivity index (χ2n) is 2.69. The van der Waals surface area contributed by atoms with E-state index in [0.29, 0.717) is 5.75 Å². The number of benzene rings is 1. The first-order chi connectivity index (χ1) is 7.50. The van der Waals surface area contributed by atoms with Gasteiger partial charge in [0.25, 0.3) is 0 Å². The molecule has 1 aromatic rings. The van der Waals surface area contributed by atoms with Gasteiger partial charge >= 0.3 is 6.72 Å². The van der Waals surface area contributed by atoms with Gasteiger partial charge in [0.15, 0.2) is 0 Å². The maximum atomic E-state index is 8.72. The van der Waals surface area contributed by atoms with Gasteiger partial charge in [-0.25, -0.2) is 0 Å². The molecule has 90 valence electrons. The molecule has 0 amide bonds. The number of anilines is 1. The van der Waals surface area contributed by atoms with Crippen LogP contribution in [0.5, 0.6) is 5.75 Å². The highest BCUT2D eigenvalue weighted by atomic mass is 32.5. The van der Waals surface area contributed by atoms with E-state index in [-0.39, 0.29) is 10.9 Å². The van der Waals surface area contributed by atoms with Crippen LogP contribution >= 0.6 is 6.72 Å². The molecule has 0 unspecified atom stereocenters. The third kappa shape index (κ3) is 3.41. The number of hydrogen-bond donors (Lipinski definition) is 2. The molecule has 1 aromatic carbocycles. The normalized spacial score (nSPS) is 11.2. The summed E-state index contributed by atoms with van der Waals surface area (Å²) in [4.78, 5) is 0. The molecular formula is C8H12NO5PS. The van der Waals surface area contributed by atoms with Gasteiger partial charge in [0, 0.05) is 26.0 Å². The van der Waals surface area contributed by atoms with Gasteiger partial charge in [-0.3, -0.25) is 10.4 Å². The summed E-state index contributed by atoms with van der Waals surface area (Å²) in [5, 5.41) is 17.5. The Kier molecular flexibility index (Phi) is 4.67. The van der Waals surface area contributed by atoms with E-state index < -0.39 is 6.72 Å². The van der Waals surface area contributed by atoms with Gasteiger partial charge in [-0.05, 0) is 24.3 Å². The molecule has 0 radical (unpaired) electrons. The minimum Gasteiger partial charge on any atom is -0.424 e. The molecule has 0 aliphatic rings. The van der Waals surface area contributed by atoms with Crippen LogP contribution < -0.4 is 9.75 Å². The van der Waals surface area contributed by atoms with Crippen LogP contribution in [0.25, 0.3) is 0 Å². The third-order valence-electron chi connectivity index (χ3n) is 1.73. The van der Waals surface area contributed by atoms with Crippen molar-refractivity contribution in [3.05, 3.63) is 24.3 Å². The van der Waals surface area contributed by atoms with Crippen LogP contribution in [0.15, 0.2) is 24.3 Å². The Morgan fingerprint density at radius 2 is 1.62 bits per heavy atom. The lowest BCUT2D eigenvalue weighted by Gasteiger charge is -2.18. The van der Waals surface area contributed by atoms with E-state index in [1.54, 1.807) is 0 Å². The summed E-state index contributed by atoms with van der Waals surface area (Å²) in [6.07, 6.45) is 0. The number of rotatable bonds is 5. The zero-order chi connectivity index (χ0) is 12.2. The quantitative estimate of drug-likeness (QED) is 0.624. The molecule has 16 heavy (non-hydrogen) atoms. The van der Waals surface area contributed by atoms with E-state index in [0.717, 1.165) is 0 Å². The zero-order valence-electron chi connectivity index (χ0n) is 8.73. The van der Waals surface area contributed by atoms with E-state index in [1.807, 2.05) is 0 Å². The van der Waals surface area contributed by atoms with Crippen molar-refractivity contribution in [2.45, 2.75) is 0 Å². The Labute approximate surface area is 98.1 Å². The third-order valence-corrected chi connectivity index (χ3v) is 4.18. The summed E-state index contributed by atoms with van der Waals surface area (Å²) in [7, 11) is 2.81. The molecule has 0 saturated heterocycles. The topological polar surface area (TPSA) is 71.4 Å². The van der Waals surface area contributed by atoms with Gasteiger partial charge < -0.3 is 13.6 Å². The molecule has 2 N–H and O–H groups in total. The van der Waals surface area contributed by atoms with Gasteiger partial charge in [0.1, 0.15) is 5.75 Å². The molecule has 0 atom stereocenters. The van der Waals surface area contributed by atoms with Crippen molar-refractivity contribution < 1.29 is 24.0 Å². The molecule has 0 fully saturated rings. The summed E-state index contributed by atoms with van der Waals surface area (Å²) < 4.78 is 15.2. The van der Waals surface area contributed by atoms with Gasteiger partial charge in [-0.15, -0.1) is 5.23 Å². The summed E-state index contributed by atoms with van der Waals surface area (Å²) >= 11 is 5.01. The predicted octanol–water partition coefficient (Wildman–Crippen LogP) is 2.17. The molecule has 0 heterocycles. The zero-order valence-corrected chi connectivity index (χ0v) is 10.4. The van der Waals surface area contributed by atoms with Crippen molar-refractivity contribution in [1.82, 2.24) is 0 Å². The average Bonchev–Trinajstić information content (AvgIpc) is 2.29. The highest BCUT2D eigenvalue weighted by Crippen LogP contribution is 2.48. The smallest absolute Gasteiger partial charge is 0.380 e. The van der Waals surface area contributed by atoms with Crippen molar-refractivity contribution >= 4 is 24.2 Å². The summed E-state index contributed by atoms with van der Waals surface area (Å²) in [5.74, 6) is 0.428. The Bertz CT molecular complexity index is 375. The summed E-state index contributed by atoms with van der Waals surface area (Å²) in [6, 6.07) is 5.93. The van der Waals surface area contributed by atoms with E-state index in [2.05, 4.69) is 0 Å². The van der Waals surface area contributed by atoms with E-state index in [4.69, 9.17) is 35.8 Å². The van der Waals surface area contributed by atoms with Crippen molar-refractivity contribution in [3.63, 3.8) is 0 Å². The standard InChI is InChI=1S/C8H12NO5PS/c1-12-15(16,13-2)14-8-5-3-7(4-6-8)9(10)11/h3-6,10-11H,1-2H3. The van der Waals surface area contributed by atoms with Crippen LogP contribution in [0.3, 0.4) is 0 Å². The predicted molar refractivity (Wildman–Crippen MR) is 61.4 cm³/mol. The second-order valence-corrected chi connectivity index (χ2v) is 5.84. The molecule has 0 aliphatic heterocycles. The minimum absolute atomic E-state index is 0.00646. The van der Waals surface area contributed by atoms with Crippen molar-refractivity contribution in [1.29, 1.82) is 0 Å². The van der Waals surface area contributed by atoms with Crippen molar-refractivity contribution in [3.8, 4) is 5.75 Å². The number of hydrogen-bond acceptors (Lipinski definition) is 7. The maximum Gasteiger partial charge on any atom is 0.380 e. The summed E-state index contributed by atoms with van der Waals surface area (Å²) in [6.45, 7) is -2.75. The largest absolute Gasteiger partial charge is 0.424 e. The van der Waals surface area contributed by atoms with Crippen LogP contribution in [0.2, 0.25) is 0 Å². The van der Waals surface area contributed by atoms with Gasteiger partial charge in [-0.1, -0.05) is 0 Å². The lowest BCUT2D eigenvalue weighted by molar-refractivity contribution is 0.0291. The first-order valence-corrected chi connectivity index (χ1v) is 6.75. The average molecular weight is 265 g/mol. The minimum atomic E-state index is -2.75. The molecule has 6 nitrogen and oxygen atoms in total. The Morgan fingerprint density at radius 1 is 1.12 bits per heavy atom. The maximum absolute atomic E-state index is 8.72. The Morgan fingerprint density at radius 3 is 2.00 bits per heavy atom. The molecule has 0 saturated carbocycles. The molecule has 0 aliphatic carbocycles. The first kappa shape index (κ1) is 13.4. The SMILES string of the molecule is COP(=S)(OC)Oc1ccc(N(O)O)cc1. The van der Waals surface area contributed by atoms with Gasteiger partial charge in [0.05, 0.1) is 5.69 Å². The van der Waals surface area contributed by atoms with Crippen LogP contribution in [-0.2, 0) is 20.9 Å². The lowest BCUT2D eigenvalue weighted by Crippen LogP contribution is -2.10. The van der Waals surface area contributed by atoms with Gasteiger partial charge in [-0.2, -0.15) is 0 Å². The van der Waals surface area contributed by atoms with Crippen LogP contribution in [-0.4, -0.2) is 24.6 Å². The highest BCUT2D eigenvalue weighted by molar-refractivity contribution is 8.07. The Hall–Kier alpha value is -0.690. The van der Waals surface area contributed by atoms with E-state index in [9.17, 15) is 0 Å². The van der Waals surface area contributed by atoms with Crippen LogP contribution in [0.1, 0.15) is 0 Å².